The summed E-state index contributed by atoms with van der Waals surface area (Å²) in [5, 5.41) is 12.0. The lowest BCUT2D eigenvalue weighted by Crippen LogP contribution is -2.30. The molecule has 1 aromatic rings. The van der Waals surface area contributed by atoms with E-state index in [1.807, 2.05) is 37.3 Å². The van der Waals surface area contributed by atoms with E-state index in [0.717, 1.165) is 11.1 Å². The molecule has 2 heteroatoms. The van der Waals surface area contributed by atoms with Gasteiger partial charge in [0.25, 0.3) is 0 Å². The minimum absolute atomic E-state index is 0.121. The van der Waals surface area contributed by atoms with Gasteiger partial charge in [-0.05, 0) is 18.1 Å². The summed E-state index contributed by atoms with van der Waals surface area (Å²) >= 11 is 0. The lowest BCUT2D eigenvalue weighted by atomic mass is 10.1. The summed E-state index contributed by atoms with van der Waals surface area (Å²) in [6.07, 6.45) is 0. The first-order valence-electron chi connectivity index (χ1n) is 4.81. The first-order valence-corrected chi connectivity index (χ1v) is 4.81. The van der Waals surface area contributed by atoms with Crippen LogP contribution in [0, 0.1) is 0 Å². The van der Waals surface area contributed by atoms with E-state index in [4.69, 9.17) is 5.11 Å². The number of hydrogen-bond donors (Lipinski definition) is 2. The van der Waals surface area contributed by atoms with Crippen molar-refractivity contribution in [2.24, 2.45) is 0 Å². The van der Waals surface area contributed by atoms with Gasteiger partial charge < -0.3 is 10.4 Å². The zero-order chi connectivity index (χ0) is 10.4. The van der Waals surface area contributed by atoms with Crippen LogP contribution in [0.1, 0.15) is 12.5 Å². The van der Waals surface area contributed by atoms with E-state index in [2.05, 4.69) is 11.9 Å². The Labute approximate surface area is 85.3 Å². The van der Waals surface area contributed by atoms with E-state index in [1.165, 1.54) is 0 Å². The topological polar surface area (TPSA) is 32.3 Å². The first-order chi connectivity index (χ1) is 6.74. The van der Waals surface area contributed by atoms with Crippen molar-refractivity contribution < 1.29 is 5.11 Å². The average Bonchev–Trinajstić information content (AvgIpc) is 2.26. The van der Waals surface area contributed by atoms with E-state index >= 15 is 0 Å². The molecular formula is C12H17NO. The third-order valence-electron chi connectivity index (χ3n) is 2.12. The van der Waals surface area contributed by atoms with E-state index in [-0.39, 0.29) is 12.6 Å². The maximum atomic E-state index is 8.83. The number of rotatable bonds is 5. The maximum Gasteiger partial charge on any atom is 0.0582 e. The molecule has 0 fully saturated rings. The largest absolute Gasteiger partial charge is 0.395 e. The summed E-state index contributed by atoms with van der Waals surface area (Å²) in [6, 6.07) is 10.2. The second kappa shape index (κ2) is 5.58. The molecule has 2 N–H and O–H groups in total. The van der Waals surface area contributed by atoms with Crippen molar-refractivity contribution in [3.63, 3.8) is 0 Å². The highest BCUT2D eigenvalue weighted by molar-refractivity contribution is 5.64. The fraction of sp³-hybridized carbons (Fsp3) is 0.333. The standard InChI is InChI=1S/C12H17NO/c1-10(8-13-11(2)9-14)12-6-4-3-5-7-12/h3-7,11,13-14H,1,8-9H2,2H3. The van der Waals surface area contributed by atoms with E-state index in [1.54, 1.807) is 0 Å². The Morgan fingerprint density at radius 1 is 1.43 bits per heavy atom. The monoisotopic (exact) mass is 191 g/mol. The highest BCUT2D eigenvalue weighted by Gasteiger charge is 2.01. The Morgan fingerprint density at radius 2 is 2.07 bits per heavy atom. The normalized spacial score (nSPS) is 12.4. The number of aliphatic hydroxyl groups excluding tert-OH is 1. The molecule has 0 heterocycles. The SMILES string of the molecule is C=C(CNC(C)CO)c1ccccc1. The van der Waals surface area contributed by atoms with Crippen molar-refractivity contribution in [3.05, 3.63) is 42.5 Å². The predicted molar refractivity (Wildman–Crippen MR) is 60.0 cm³/mol. The van der Waals surface area contributed by atoms with Crippen LogP contribution in [0.4, 0.5) is 0 Å². The summed E-state index contributed by atoms with van der Waals surface area (Å²) in [4.78, 5) is 0. The lowest BCUT2D eigenvalue weighted by Gasteiger charge is -2.12. The summed E-state index contributed by atoms with van der Waals surface area (Å²) in [7, 11) is 0. The highest BCUT2D eigenvalue weighted by atomic mass is 16.3. The lowest BCUT2D eigenvalue weighted by molar-refractivity contribution is 0.255. The van der Waals surface area contributed by atoms with E-state index in [9.17, 15) is 0 Å². The van der Waals surface area contributed by atoms with Gasteiger partial charge in [0, 0.05) is 12.6 Å². The van der Waals surface area contributed by atoms with Crippen molar-refractivity contribution in [2.75, 3.05) is 13.2 Å². The molecule has 1 atom stereocenters. The predicted octanol–water partition coefficient (Wildman–Crippen LogP) is 1.67. The van der Waals surface area contributed by atoms with Crippen LogP contribution in [0.2, 0.25) is 0 Å². The van der Waals surface area contributed by atoms with Crippen molar-refractivity contribution in [1.29, 1.82) is 0 Å². The van der Waals surface area contributed by atoms with Crippen LogP contribution in [0.3, 0.4) is 0 Å². The summed E-state index contributed by atoms with van der Waals surface area (Å²) in [5.41, 5.74) is 2.19. The second-order valence-corrected chi connectivity index (χ2v) is 3.43. The highest BCUT2D eigenvalue weighted by Crippen LogP contribution is 2.09. The van der Waals surface area contributed by atoms with Crippen LogP contribution in [0.15, 0.2) is 36.9 Å². The number of nitrogens with one attached hydrogen (secondary N) is 1. The molecule has 76 valence electrons. The van der Waals surface area contributed by atoms with Gasteiger partial charge in [-0.1, -0.05) is 36.9 Å². The molecule has 1 rings (SSSR count). The molecule has 0 bridgehead atoms. The van der Waals surface area contributed by atoms with Gasteiger partial charge in [-0.15, -0.1) is 0 Å². The van der Waals surface area contributed by atoms with Gasteiger partial charge in [-0.2, -0.15) is 0 Å². The van der Waals surface area contributed by atoms with Crippen LogP contribution < -0.4 is 5.32 Å². The van der Waals surface area contributed by atoms with Crippen molar-refractivity contribution in [1.82, 2.24) is 5.32 Å². The van der Waals surface area contributed by atoms with Crippen molar-refractivity contribution in [2.45, 2.75) is 13.0 Å². The number of aliphatic hydroxyl groups is 1. The molecule has 0 saturated carbocycles. The fourth-order valence-corrected chi connectivity index (χ4v) is 1.14. The second-order valence-electron chi connectivity index (χ2n) is 3.43. The van der Waals surface area contributed by atoms with E-state index < -0.39 is 0 Å². The molecule has 0 spiro atoms. The first kappa shape index (κ1) is 11.0. The molecule has 0 aromatic heterocycles. The van der Waals surface area contributed by atoms with Crippen LogP contribution in [0.5, 0.6) is 0 Å². The third kappa shape index (κ3) is 3.32. The summed E-state index contributed by atoms with van der Waals surface area (Å²) in [5.74, 6) is 0. The molecule has 1 unspecified atom stereocenters. The van der Waals surface area contributed by atoms with Crippen molar-refractivity contribution >= 4 is 5.57 Å². The van der Waals surface area contributed by atoms with Gasteiger partial charge in [-0.3, -0.25) is 0 Å². The van der Waals surface area contributed by atoms with Crippen LogP contribution >= 0.6 is 0 Å². The molecule has 0 aliphatic carbocycles. The molecule has 0 saturated heterocycles. The van der Waals surface area contributed by atoms with Gasteiger partial charge >= 0.3 is 0 Å². The average molecular weight is 191 g/mol. The number of hydrogen-bond acceptors (Lipinski definition) is 2. The zero-order valence-corrected chi connectivity index (χ0v) is 8.53. The third-order valence-corrected chi connectivity index (χ3v) is 2.12. The summed E-state index contributed by atoms with van der Waals surface area (Å²) < 4.78 is 0. The molecule has 0 amide bonds. The molecule has 14 heavy (non-hydrogen) atoms. The van der Waals surface area contributed by atoms with E-state index in [0.29, 0.717) is 6.54 Å². The smallest absolute Gasteiger partial charge is 0.0582 e. The van der Waals surface area contributed by atoms with Gasteiger partial charge in [0.05, 0.1) is 6.61 Å². The Hall–Kier alpha value is -1.12. The minimum atomic E-state index is 0.121. The van der Waals surface area contributed by atoms with Gasteiger partial charge in [0.2, 0.25) is 0 Å². The van der Waals surface area contributed by atoms with Crippen molar-refractivity contribution in [3.8, 4) is 0 Å². The Balaban J connectivity index is 2.44. The Kier molecular flexibility index (Phi) is 4.36. The zero-order valence-electron chi connectivity index (χ0n) is 8.53. The van der Waals surface area contributed by atoms with Crippen LogP contribution in [0.25, 0.3) is 5.57 Å². The van der Waals surface area contributed by atoms with Gasteiger partial charge in [0.1, 0.15) is 0 Å². The molecule has 0 aliphatic heterocycles. The van der Waals surface area contributed by atoms with Gasteiger partial charge in [-0.25, -0.2) is 0 Å². The minimum Gasteiger partial charge on any atom is -0.395 e. The molecular weight excluding hydrogens is 174 g/mol. The molecule has 1 aromatic carbocycles. The molecule has 0 aliphatic rings. The summed E-state index contributed by atoms with van der Waals surface area (Å²) in [6.45, 7) is 6.80. The Bertz CT molecular complexity index is 282. The molecule has 2 nitrogen and oxygen atoms in total. The van der Waals surface area contributed by atoms with Gasteiger partial charge in [0.15, 0.2) is 0 Å². The maximum absolute atomic E-state index is 8.83. The number of benzene rings is 1. The quantitative estimate of drug-likeness (QED) is 0.742. The molecule has 0 radical (unpaired) electrons. The Morgan fingerprint density at radius 3 is 2.64 bits per heavy atom. The fourth-order valence-electron chi connectivity index (χ4n) is 1.14. The van der Waals surface area contributed by atoms with Crippen LogP contribution in [-0.2, 0) is 0 Å². The van der Waals surface area contributed by atoms with Crippen LogP contribution in [-0.4, -0.2) is 24.3 Å².